The topological polar surface area (TPSA) is 116 Å². The molecular formula is C35H48N8O3. The first-order valence-corrected chi connectivity index (χ1v) is 17.1. The first-order valence-electron chi connectivity index (χ1n) is 17.1. The average Bonchev–Trinajstić information content (AvgIpc) is 3.53. The van der Waals surface area contributed by atoms with Gasteiger partial charge < -0.3 is 24.6 Å². The lowest BCUT2D eigenvalue weighted by Gasteiger charge is -2.39. The SMILES string of the molecule is CN(CCC(=O)NC=O)c1cccc2c1ccn2C1CCCN(CC2CCN(c3ccc(C(=O)NC4CCCCC4)nn3)CC2)C1. The van der Waals surface area contributed by atoms with E-state index in [1.54, 1.807) is 0 Å². The molecule has 2 aliphatic heterocycles. The minimum absolute atomic E-state index is 0.108. The Morgan fingerprint density at radius 2 is 1.78 bits per heavy atom. The minimum atomic E-state index is -0.266. The summed E-state index contributed by atoms with van der Waals surface area (Å²) in [4.78, 5) is 42.0. The van der Waals surface area contributed by atoms with Gasteiger partial charge >= 0.3 is 0 Å². The third kappa shape index (κ3) is 7.68. The van der Waals surface area contributed by atoms with Crippen LogP contribution in [0.4, 0.5) is 11.5 Å². The molecule has 1 aromatic carbocycles. The number of carbonyl (C=O) groups is 3. The highest BCUT2D eigenvalue weighted by Gasteiger charge is 2.27. The van der Waals surface area contributed by atoms with Crippen molar-refractivity contribution in [2.75, 3.05) is 56.1 Å². The van der Waals surface area contributed by atoms with Crippen LogP contribution in [0.1, 0.15) is 80.7 Å². The van der Waals surface area contributed by atoms with Gasteiger partial charge in [-0.3, -0.25) is 19.7 Å². The number of nitrogens with one attached hydrogen (secondary N) is 2. The molecule has 1 saturated carbocycles. The van der Waals surface area contributed by atoms with E-state index in [4.69, 9.17) is 0 Å². The van der Waals surface area contributed by atoms with Gasteiger partial charge in [-0.1, -0.05) is 25.3 Å². The number of imide groups is 1. The number of nitrogens with zero attached hydrogens (tertiary/aromatic N) is 6. The Kier molecular flexibility index (Phi) is 10.5. The minimum Gasteiger partial charge on any atom is -0.374 e. The number of hydrogen-bond donors (Lipinski definition) is 2. The molecule has 0 radical (unpaired) electrons. The molecule has 2 N–H and O–H groups in total. The van der Waals surface area contributed by atoms with Crippen LogP contribution in [0.2, 0.25) is 0 Å². The molecule has 2 saturated heterocycles. The van der Waals surface area contributed by atoms with Gasteiger partial charge in [-0.05, 0) is 81.3 Å². The van der Waals surface area contributed by atoms with Crippen molar-refractivity contribution in [1.29, 1.82) is 0 Å². The molecule has 1 atom stereocenters. The van der Waals surface area contributed by atoms with Crippen LogP contribution in [-0.4, -0.2) is 90.2 Å². The van der Waals surface area contributed by atoms with Crippen LogP contribution in [0.25, 0.3) is 10.9 Å². The van der Waals surface area contributed by atoms with Crippen molar-refractivity contribution in [1.82, 2.24) is 30.3 Å². The Bertz CT molecular complexity index is 1480. The van der Waals surface area contributed by atoms with Crippen LogP contribution >= 0.6 is 0 Å². The van der Waals surface area contributed by atoms with Crippen molar-refractivity contribution >= 4 is 40.6 Å². The number of fused-ring (bicyclic) bond motifs is 1. The summed E-state index contributed by atoms with van der Waals surface area (Å²) in [6.07, 6.45) is 13.3. The number of aromatic nitrogens is 3. The molecule has 46 heavy (non-hydrogen) atoms. The lowest BCUT2D eigenvalue weighted by atomic mass is 9.94. The number of carbonyl (C=O) groups excluding carboxylic acids is 3. The molecule has 3 amide bonds. The third-order valence-corrected chi connectivity index (χ3v) is 10.2. The third-order valence-electron chi connectivity index (χ3n) is 10.2. The first kappa shape index (κ1) is 32.0. The molecule has 0 bridgehead atoms. The molecule has 4 heterocycles. The quantitative estimate of drug-likeness (QED) is 0.305. The van der Waals surface area contributed by atoms with Gasteiger partial charge in [0.25, 0.3) is 5.91 Å². The number of benzene rings is 1. The van der Waals surface area contributed by atoms with Gasteiger partial charge in [0.2, 0.25) is 12.3 Å². The van der Waals surface area contributed by atoms with E-state index in [0.29, 0.717) is 30.6 Å². The fourth-order valence-corrected chi connectivity index (χ4v) is 7.61. The lowest BCUT2D eigenvalue weighted by molar-refractivity contribution is -0.125. The Morgan fingerprint density at radius 1 is 0.957 bits per heavy atom. The van der Waals surface area contributed by atoms with Gasteiger partial charge in [0.1, 0.15) is 0 Å². The molecule has 0 spiro atoms. The lowest BCUT2D eigenvalue weighted by Crippen LogP contribution is -2.43. The fourth-order valence-electron chi connectivity index (χ4n) is 7.61. The second-order valence-electron chi connectivity index (χ2n) is 13.4. The molecule has 2 aromatic heterocycles. The van der Waals surface area contributed by atoms with Crippen molar-refractivity contribution in [3.05, 3.63) is 48.3 Å². The number of likely N-dealkylation sites (tertiary alicyclic amines) is 1. The number of anilines is 2. The van der Waals surface area contributed by atoms with Gasteiger partial charge in [-0.15, -0.1) is 10.2 Å². The summed E-state index contributed by atoms with van der Waals surface area (Å²) < 4.78 is 2.44. The fraction of sp³-hybridized carbons (Fsp3) is 0.571. The average molecular weight is 629 g/mol. The molecule has 3 aliphatic rings. The predicted octanol–water partition coefficient (Wildman–Crippen LogP) is 4.15. The number of piperidine rings is 2. The molecule has 6 rings (SSSR count). The van der Waals surface area contributed by atoms with E-state index in [0.717, 1.165) is 76.3 Å². The second-order valence-corrected chi connectivity index (χ2v) is 13.4. The smallest absolute Gasteiger partial charge is 0.272 e. The highest BCUT2D eigenvalue weighted by atomic mass is 16.2. The van der Waals surface area contributed by atoms with Crippen LogP contribution in [0.5, 0.6) is 0 Å². The monoisotopic (exact) mass is 628 g/mol. The molecule has 11 heteroatoms. The molecule has 3 fully saturated rings. The van der Waals surface area contributed by atoms with Crippen molar-refractivity contribution < 1.29 is 14.4 Å². The Balaban J connectivity index is 0.997. The van der Waals surface area contributed by atoms with E-state index in [-0.39, 0.29) is 24.3 Å². The predicted molar refractivity (Wildman–Crippen MR) is 180 cm³/mol. The summed E-state index contributed by atoms with van der Waals surface area (Å²) in [5.74, 6) is 1.14. The van der Waals surface area contributed by atoms with Crippen molar-refractivity contribution in [3.63, 3.8) is 0 Å². The Labute approximate surface area is 271 Å². The molecule has 1 unspecified atom stereocenters. The normalized spacial score (nSPS) is 20.0. The van der Waals surface area contributed by atoms with Gasteiger partial charge in [0.05, 0.1) is 5.52 Å². The zero-order valence-corrected chi connectivity index (χ0v) is 27.1. The van der Waals surface area contributed by atoms with Crippen LogP contribution in [0.3, 0.4) is 0 Å². The second kappa shape index (κ2) is 15.1. The van der Waals surface area contributed by atoms with Crippen LogP contribution in [0.15, 0.2) is 42.6 Å². The van der Waals surface area contributed by atoms with Crippen molar-refractivity contribution in [2.45, 2.75) is 76.3 Å². The summed E-state index contributed by atoms with van der Waals surface area (Å²) in [7, 11) is 1.99. The van der Waals surface area contributed by atoms with Gasteiger partial charge in [-0.25, -0.2) is 0 Å². The maximum Gasteiger partial charge on any atom is 0.272 e. The van der Waals surface area contributed by atoms with E-state index < -0.39 is 0 Å². The summed E-state index contributed by atoms with van der Waals surface area (Å²) in [5, 5.41) is 15.3. The summed E-state index contributed by atoms with van der Waals surface area (Å²) in [6, 6.07) is 13.0. The van der Waals surface area contributed by atoms with E-state index in [9.17, 15) is 14.4 Å². The molecule has 246 valence electrons. The van der Waals surface area contributed by atoms with Gasteiger partial charge in [0, 0.05) is 75.5 Å². The zero-order chi connectivity index (χ0) is 31.9. The maximum atomic E-state index is 12.6. The first-order chi connectivity index (χ1) is 22.5. The number of rotatable bonds is 11. The van der Waals surface area contributed by atoms with E-state index >= 15 is 0 Å². The van der Waals surface area contributed by atoms with Crippen LogP contribution in [-0.2, 0) is 9.59 Å². The molecule has 11 nitrogen and oxygen atoms in total. The van der Waals surface area contributed by atoms with Crippen molar-refractivity contribution in [3.8, 4) is 0 Å². The van der Waals surface area contributed by atoms with E-state index in [2.05, 4.69) is 70.6 Å². The highest BCUT2D eigenvalue weighted by Crippen LogP contribution is 2.33. The Morgan fingerprint density at radius 3 is 2.54 bits per heavy atom. The molecule has 1 aliphatic carbocycles. The summed E-state index contributed by atoms with van der Waals surface area (Å²) in [5.41, 5.74) is 2.72. The standard InChI is InChI=1S/C35H48N8O3/c1-40(19-17-34(45)36-25-44)31-10-5-11-32-29(31)16-22-43(32)28-9-6-18-41(24-28)23-26-14-20-42(21-15-26)33-13-12-30(38-39-33)35(46)37-27-7-3-2-4-8-27/h5,10-13,16,22,25-28H,2-4,6-9,14-15,17-21,23-24H2,1H3,(H,37,46)(H,36,44,45). The van der Waals surface area contributed by atoms with Crippen LogP contribution < -0.4 is 20.4 Å². The van der Waals surface area contributed by atoms with Gasteiger partial charge in [0.15, 0.2) is 11.5 Å². The van der Waals surface area contributed by atoms with E-state index in [1.807, 2.05) is 19.2 Å². The summed E-state index contributed by atoms with van der Waals surface area (Å²) >= 11 is 0. The zero-order valence-electron chi connectivity index (χ0n) is 27.1. The van der Waals surface area contributed by atoms with Crippen LogP contribution in [0, 0.1) is 5.92 Å². The molecule has 3 aromatic rings. The largest absolute Gasteiger partial charge is 0.374 e. The molecular weight excluding hydrogens is 580 g/mol. The number of amides is 3. The van der Waals surface area contributed by atoms with E-state index in [1.165, 1.54) is 36.6 Å². The number of hydrogen-bond acceptors (Lipinski definition) is 8. The van der Waals surface area contributed by atoms with Crippen molar-refractivity contribution in [2.24, 2.45) is 5.92 Å². The Hall–Kier alpha value is -3.99. The highest BCUT2D eigenvalue weighted by molar-refractivity contribution is 5.93. The maximum absolute atomic E-state index is 12.6. The summed E-state index contributed by atoms with van der Waals surface area (Å²) in [6.45, 7) is 5.76. The van der Waals surface area contributed by atoms with Gasteiger partial charge in [-0.2, -0.15) is 0 Å².